The Balaban J connectivity index is 1.80. The van der Waals surface area contributed by atoms with Crippen LogP contribution >= 0.6 is 0 Å². The quantitative estimate of drug-likeness (QED) is 0.696. The molecule has 2 heteroatoms. The van der Waals surface area contributed by atoms with Crippen molar-refractivity contribution in [2.75, 3.05) is 26.3 Å². The predicted octanol–water partition coefficient (Wildman–Crippen LogP) is 2.53. The van der Waals surface area contributed by atoms with Crippen molar-refractivity contribution in [3.63, 3.8) is 0 Å². The summed E-state index contributed by atoms with van der Waals surface area (Å²) in [6.07, 6.45) is 5.37. The molecular formula is C13H25NO. The van der Waals surface area contributed by atoms with Crippen LogP contribution in [0.15, 0.2) is 0 Å². The Bertz CT molecular complexity index is 189. The zero-order chi connectivity index (χ0) is 10.7. The lowest BCUT2D eigenvalue weighted by Gasteiger charge is -2.39. The van der Waals surface area contributed by atoms with Crippen molar-refractivity contribution < 1.29 is 4.74 Å². The van der Waals surface area contributed by atoms with Crippen molar-refractivity contribution >= 4 is 0 Å². The summed E-state index contributed by atoms with van der Waals surface area (Å²) < 4.78 is 5.42. The van der Waals surface area contributed by atoms with E-state index in [1.807, 2.05) is 0 Å². The summed E-state index contributed by atoms with van der Waals surface area (Å²) in [5.41, 5.74) is 0. The van der Waals surface area contributed by atoms with Gasteiger partial charge in [0.15, 0.2) is 0 Å². The van der Waals surface area contributed by atoms with Crippen LogP contribution in [0.5, 0.6) is 0 Å². The van der Waals surface area contributed by atoms with Crippen LogP contribution in [0.1, 0.15) is 39.5 Å². The van der Waals surface area contributed by atoms with E-state index in [4.69, 9.17) is 4.74 Å². The van der Waals surface area contributed by atoms with Crippen LogP contribution in [0.3, 0.4) is 0 Å². The smallest absolute Gasteiger partial charge is 0.0469 e. The van der Waals surface area contributed by atoms with Gasteiger partial charge in [-0.3, -0.25) is 0 Å². The van der Waals surface area contributed by atoms with Gasteiger partial charge in [0, 0.05) is 32.3 Å². The third-order valence-electron chi connectivity index (χ3n) is 4.08. The molecule has 0 aliphatic carbocycles. The Morgan fingerprint density at radius 3 is 2.53 bits per heavy atom. The summed E-state index contributed by atoms with van der Waals surface area (Å²) in [5, 5.41) is 0. The molecule has 2 saturated heterocycles. The normalized spacial score (nSPS) is 35.6. The summed E-state index contributed by atoms with van der Waals surface area (Å²) in [4.78, 5) is 2.71. The highest BCUT2D eigenvalue weighted by Gasteiger charge is 2.25. The molecule has 0 aromatic carbocycles. The minimum atomic E-state index is 0.809. The second-order valence-corrected chi connectivity index (χ2v) is 5.54. The fraction of sp³-hybridized carbons (Fsp3) is 1.00. The van der Waals surface area contributed by atoms with Gasteiger partial charge < -0.3 is 9.64 Å². The second-order valence-electron chi connectivity index (χ2n) is 5.54. The molecule has 0 saturated carbocycles. The lowest BCUT2D eigenvalue weighted by molar-refractivity contribution is 0.0343. The first-order valence-corrected chi connectivity index (χ1v) is 6.57. The average molecular weight is 211 g/mol. The Kier molecular flexibility index (Phi) is 4.04. The van der Waals surface area contributed by atoms with Crippen molar-refractivity contribution in [2.45, 2.75) is 45.6 Å². The van der Waals surface area contributed by atoms with Gasteiger partial charge in [0.05, 0.1) is 0 Å². The summed E-state index contributed by atoms with van der Waals surface area (Å²) >= 11 is 0. The zero-order valence-corrected chi connectivity index (χ0v) is 10.2. The first kappa shape index (κ1) is 11.4. The van der Waals surface area contributed by atoms with E-state index in [1.165, 1.54) is 38.8 Å². The first-order valence-electron chi connectivity index (χ1n) is 6.57. The number of ether oxygens (including phenoxy) is 1. The molecule has 0 aromatic rings. The molecule has 2 aliphatic rings. The highest BCUT2D eigenvalue weighted by Crippen LogP contribution is 2.24. The minimum Gasteiger partial charge on any atom is -0.381 e. The van der Waals surface area contributed by atoms with Crippen molar-refractivity contribution in [1.29, 1.82) is 0 Å². The Hall–Kier alpha value is -0.0800. The number of nitrogens with zero attached hydrogens (tertiary/aromatic N) is 1. The minimum absolute atomic E-state index is 0.809. The van der Waals surface area contributed by atoms with Crippen LogP contribution in [0, 0.1) is 11.8 Å². The Morgan fingerprint density at radius 1 is 1.07 bits per heavy atom. The van der Waals surface area contributed by atoms with E-state index < -0.39 is 0 Å². The van der Waals surface area contributed by atoms with Gasteiger partial charge in [-0.05, 0) is 44.4 Å². The van der Waals surface area contributed by atoms with Crippen LogP contribution in [-0.4, -0.2) is 37.2 Å². The first-order chi connectivity index (χ1) is 7.25. The third kappa shape index (κ3) is 3.18. The predicted molar refractivity (Wildman–Crippen MR) is 63.0 cm³/mol. The van der Waals surface area contributed by atoms with E-state index in [2.05, 4.69) is 18.7 Å². The van der Waals surface area contributed by atoms with Crippen molar-refractivity contribution in [1.82, 2.24) is 4.90 Å². The van der Waals surface area contributed by atoms with Crippen LogP contribution in [-0.2, 0) is 4.74 Å². The maximum absolute atomic E-state index is 5.42. The fourth-order valence-corrected chi connectivity index (χ4v) is 2.89. The van der Waals surface area contributed by atoms with E-state index >= 15 is 0 Å². The molecule has 15 heavy (non-hydrogen) atoms. The van der Waals surface area contributed by atoms with Gasteiger partial charge >= 0.3 is 0 Å². The molecule has 0 radical (unpaired) electrons. The molecule has 0 bridgehead atoms. The number of hydrogen-bond acceptors (Lipinski definition) is 2. The standard InChI is InChI=1S/C13H25NO/c1-11-3-4-12(2)14(9-11)10-13-5-7-15-8-6-13/h11-13H,3-10H2,1-2H3/t11-,12-/m1/s1. The summed E-state index contributed by atoms with van der Waals surface area (Å²) in [6, 6.07) is 0.809. The number of piperidine rings is 1. The maximum atomic E-state index is 5.42. The summed E-state index contributed by atoms with van der Waals surface area (Å²) in [7, 11) is 0. The lowest BCUT2D eigenvalue weighted by Crippen LogP contribution is -2.44. The highest BCUT2D eigenvalue weighted by molar-refractivity contribution is 4.79. The molecule has 88 valence electrons. The second kappa shape index (κ2) is 5.31. The molecule has 0 N–H and O–H groups in total. The van der Waals surface area contributed by atoms with Crippen LogP contribution in [0.4, 0.5) is 0 Å². The molecule has 0 amide bonds. The van der Waals surface area contributed by atoms with E-state index in [0.717, 1.165) is 31.1 Å². The van der Waals surface area contributed by atoms with Gasteiger partial charge in [0.1, 0.15) is 0 Å². The van der Waals surface area contributed by atoms with Gasteiger partial charge in [-0.15, -0.1) is 0 Å². The molecule has 0 aromatic heterocycles. The summed E-state index contributed by atoms with van der Waals surface area (Å²) in [6.45, 7) is 9.40. The number of hydrogen-bond donors (Lipinski definition) is 0. The van der Waals surface area contributed by atoms with E-state index in [-0.39, 0.29) is 0 Å². The molecule has 2 fully saturated rings. The van der Waals surface area contributed by atoms with Gasteiger partial charge in [0.25, 0.3) is 0 Å². The SMILES string of the molecule is C[C@@H]1CC[C@@H](C)N(CC2CCOCC2)C1. The molecule has 2 heterocycles. The number of likely N-dealkylation sites (tertiary alicyclic amines) is 1. The third-order valence-corrected chi connectivity index (χ3v) is 4.08. The van der Waals surface area contributed by atoms with Gasteiger partial charge in [-0.2, -0.15) is 0 Å². The lowest BCUT2D eigenvalue weighted by atomic mass is 9.92. The van der Waals surface area contributed by atoms with E-state index in [1.54, 1.807) is 0 Å². The van der Waals surface area contributed by atoms with Gasteiger partial charge in [-0.25, -0.2) is 0 Å². The molecule has 0 spiro atoms. The van der Waals surface area contributed by atoms with Crippen molar-refractivity contribution in [3.05, 3.63) is 0 Å². The Morgan fingerprint density at radius 2 is 1.80 bits per heavy atom. The topological polar surface area (TPSA) is 12.5 Å². The Labute approximate surface area is 94.0 Å². The van der Waals surface area contributed by atoms with Gasteiger partial charge in [-0.1, -0.05) is 6.92 Å². The maximum Gasteiger partial charge on any atom is 0.0469 e. The monoisotopic (exact) mass is 211 g/mol. The van der Waals surface area contributed by atoms with Crippen molar-refractivity contribution in [2.24, 2.45) is 11.8 Å². The van der Waals surface area contributed by atoms with E-state index in [9.17, 15) is 0 Å². The highest BCUT2D eigenvalue weighted by atomic mass is 16.5. The molecule has 2 rings (SSSR count). The average Bonchev–Trinajstić information content (AvgIpc) is 2.25. The van der Waals surface area contributed by atoms with Crippen LogP contribution in [0.2, 0.25) is 0 Å². The number of rotatable bonds is 2. The molecule has 2 aliphatic heterocycles. The summed E-state index contributed by atoms with van der Waals surface area (Å²) in [5.74, 6) is 1.80. The molecule has 0 unspecified atom stereocenters. The zero-order valence-electron chi connectivity index (χ0n) is 10.2. The fourth-order valence-electron chi connectivity index (χ4n) is 2.89. The van der Waals surface area contributed by atoms with Gasteiger partial charge in [0.2, 0.25) is 0 Å². The van der Waals surface area contributed by atoms with Crippen LogP contribution in [0.25, 0.3) is 0 Å². The van der Waals surface area contributed by atoms with Crippen LogP contribution < -0.4 is 0 Å². The molecular weight excluding hydrogens is 186 g/mol. The van der Waals surface area contributed by atoms with E-state index in [0.29, 0.717) is 0 Å². The molecule has 2 nitrogen and oxygen atoms in total. The van der Waals surface area contributed by atoms with Crippen molar-refractivity contribution in [3.8, 4) is 0 Å². The molecule has 2 atom stereocenters. The largest absolute Gasteiger partial charge is 0.381 e.